The molecule has 1 saturated heterocycles. The van der Waals surface area contributed by atoms with Gasteiger partial charge in [0.2, 0.25) is 0 Å². The molecule has 3 aromatic rings. The number of pyridine rings is 1. The number of hydrogen-bond donors (Lipinski definition) is 1. The molecule has 1 atom stereocenters. The van der Waals surface area contributed by atoms with Crippen LogP contribution in [-0.4, -0.2) is 52.5 Å². The van der Waals surface area contributed by atoms with Crippen LogP contribution in [0.3, 0.4) is 0 Å². The molecule has 0 amide bonds. The molecular weight excluding hydrogens is 467 g/mol. The summed E-state index contributed by atoms with van der Waals surface area (Å²) in [5.74, 6) is -0.0544. The number of rotatable bonds is 6. The lowest BCUT2D eigenvalue weighted by molar-refractivity contribution is -0.137. The minimum Gasteiger partial charge on any atom is -0.380 e. The van der Waals surface area contributed by atoms with Crippen molar-refractivity contribution in [2.45, 2.75) is 12.2 Å². The minimum absolute atomic E-state index is 0.0544. The number of hydrogen-bond acceptors (Lipinski definition) is 7. The first kappa shape index (κ1) is 22.7. The Labute approximate surface area is 190 Å². The highest BCUT2D eigenvalue weighted by Crippen LogP contribution is 2.29. The van der Waals surface area contributed by atoms with Gasteiger partial charge in [-0.2, -0.15) is 23.0 Å². The summed E-state index contributed by atoms with van der Waals surface area (Å²) >= 11 is 7.92. The van der Waals surface area contributed by atoms with Gasteiger partial charge in [0.15, 0.2) is 5.82 Å². The molecule has 4 rings (SSSR count). The first-order chi connectivity index (χ1) is 15.3. The van der Waals surface area contributed by atoms with Gasteiger partial charge in [0.05, 0.1) is 36.7 Å². The van der Waals surface area contributed by atoms with Crippen molar-refractivity contribution in [3.8, 4) is 5.82 Å². The van der Waals surface area contributed by atoms with Crippen molar-refractivity contribution in [1.82, 2.24) is 19.7 Å². The van der Waals surface area contributed by atoms with Gasteiger partial charge in [0, 0.05) is 30.7 Å². The van der Waals surface area contributed by atoms with Crippen LogP contribution in [0.2, 0.25) is 5.02 Å². The quantitative estimate of drug-likeness (QED) is 0.572. The number of alkyl halides is 3. The SMILES string of the molecule is O=c1c(Cl)c(NC[C@@H](c2cccs2)N2CCOCC2)cnn1-c1ccc(C(F)(F)F)cn1. The fraction of sp³-hybridized carbons (Fsp3) is 0.350. The largest absolute Gasteiger partial charge is 0.417 e. The monoisotopic (exact) mass is 485 g/mol. The molecule has 7 nitrogen and oxygen atoms in total. The summed E-state index contributed by atoms with van der Waals surface area (Å²) in [6.07, 6.45) is -2.50. The maximum Gasteiger partial charge on any atom is 0.417 e. The smallest absolute Gasteiger partial charge is 0.380 e. The van der Waals surface area contributed by atoms with Crippen LogP contribution in [0.4, 0.5) is 18.9 Å². The first-order valence-corrected chi connectivity index (χ1v) is 11.0. The lowest BCUT2D eigenvalue weighted by Gasteiger charge is -2.34. The third-order valence-electron chi connectivity index (χ3n) is 5.06. The number of ether oxygens (including phenoxy) is 1. The third kappa shape index (κ3) is 4.96. The van der Waals surface area contributed by atoms with Crippen molar-refractivity contribution < 1.29 is 17.9 Å². The Bertz CT molecular complexity index is 1100. The van der Waals surface area contributed by atoms with E-state index >= 15 is 0 Å². The molecule has 3 aromatic heterocycles. The third-order valence-corrected chi connectivity index (χ3v) is 6.39. The maximum atomic E-state index is 12.7. The standard InChI is InChI=1S/C20H19ClF3N5O2S/c21-18-14(25-12-15(16-2-1-9-32-16)28-5-7-31-8-6-28)11-27-29(19(18)30)17-4-3-13(10-26-17)20(22,23)24/h1-4,9-11,15,25H,5-8,12H2/t15-/m0/s1. The summed E-state index contributed by atoms with van der Waals surface area (Å²) in [7, 11) is 0. The van der Waals surface area contributed by atoms with Gasteiger partial charge in [-0.05, 0) is 23.6 Å². The van der Waals surface area contributed by atoms with Crippen LogP contribution >= 0.6 is 22.9 Å². The summed E-state index contributed by atoms with van der Waals surface area (Å²) in [5.41, 5.74) is -1.25. The van der Waals surface area contributed by atoms with Gasteiger partial charge in [-0.25, -0.2) is 4.98 Å². The van der Waals surface area contributed by atoms with Gasteiger partial charge < -0.3 is 10.1 Å². The van der Waals surface area contributed by atoms with E-state index in [1.165, 1.54) is 11.1 Å². The van der Waals surface area contributed by atoms with Gasteiger partial charge in [-0.1, -0.05) is 17.7 Å². The zero-order valence-electron chi connectivity index (χ0n) is 16.7. The average Bonchev–Trinajstić information content (AvgIpc) is 3.32. The Kier molecular flexibility index (Phi) is 6.79. The summed E-state index contributed by atoms with van der Waals surface area (Å²) in [5, 5.41) is 9.12. The highest BCUT2D eigenvalue weighted by atomic mass is 35.5. The van der Waals surface area contributed by atoms with Crippen LogP contribution in [0.25, 0.3) is 5.82 Å². The number of anilines is 1. The number of morpholine rings is 1. The van der Waals surface area contributed by atoms with Crippen LogP contribution in [-0.2, 0) is 10.9 Å². The zero-order chi connectivity index (χ0) is 22.7. The molecule has 0 saturated carbocycles. The van der Waals surface area contributed by atoms with E-state index < -0.39 is 17.3 Å². The predicted octanol–water partition coefficient (Wildman–Crippen LogP) is 3.85. The molecule has 0 bridgehead atoms. The highest BCUT2D eigenvalue weighted by Gasteiger charge is 2.31. The summed E-state index contributed by atoms with van der Waals surface area (Å²) < 4.78 is 44.5. The molecule has 12 heteroatoms. The van der Waals surface area contributed by atoms with E-state index in [1.807, 2.05) is 11.4 Å². The lowest BCUT2D eigenvalue weighted by Crippen LogP contribution is -2.41. The van der Waals surface area contributed by atoms with E-state index in [-0.39, 0.29) is 16.9 Å². The summed E-state index contributed by atoms with van der Waals surface area (Å²) in [6, 6.07) is 6.02. The molecule has 1 fully saturated rings. The van der Waals surface area contributed by atoms with Crippen molar-refractivity contribution in [3.63, 3.8) is 0 Å². The second-order valence-electron chi connectivity index (χ2n) is 7.05. The molecule has 0 unspecified atom stereocenters. The lowest BCUT2D eigenvalue weighted by atomic mass is 10.2. The minimum atomic E-state index is -4.52. The fourth-order valence-electron chi connectivity index (χ4n) is 3.38. The first-order valence-electron chi connectivity index (χ1n) is 9.75. The van der Waals surface area contributed by atoms with Crippen molar-refractivity contribution >= 4 is 28.6 Å². The molecule has 1 aliphatic heterocycles. The number of aromatic nitrogens is 3. The van der Waals surface area contributed by atoms with Crippen molar-refractivity contribution in [2.24, 2.45) is 0 Å². The Morgan fingerprint density at radius 2 is 2.00 bits per heavy atom. The normalized spacial score (nSPS) is 16.1. The number of nitrogens with one attached hydrogen (secondary N) is 1. The van der Waals surface area contributed by atoms with Gasteiger partial charge >= 0.3 is 6.18 Å². The maximum absolute atomic E-state index is 12.7. The topological polar surface area (TPSA) is 72.3 Å². The van der Waals surface area contributed by atoms with Gasteiger partial charge in [0.1, 0.15) is 5.02 Å². The second-order valence-corrected chi connectivity index (χ2v) is 8.41. The molecule has 4 heterocycles. The van der Waals surface area contributed by atoms with Crippen LogP contribution < -0.4 is 10.9 Å². The van der Waals surface area contributed by atoms with E-state index in [1.54, 1.807) is 11.3 Å². The molecule has 1 N–H and O–H groups in total. The van der Waals surface area contributed by atoms with E-state index in [0.29, 0.717) is 31.6 Å². The Hall–Kier alpha value is -2.47. The van der Waals surface area contributed by atoms with Crippen molar-refractivity contribution in [2.75, 3.05) is 38.2 Å². The molecule has 0 radical (unpaired) electrons. The van der Waals surface area contributed by atoms with E-state index in [0.717, 1.165) is 29.9 Å². The van der Waals surface area contributed by atoms with Crippen LogP contribution in [0.1, 0.15) is 16.5 Å². The molecular formula is C20H19ClF3N5O2S. The van der Waals surface area contributed by atoms with Crippen molar-refractivity contribution in [1.29, 1.82) is 0 Å². The molecule has 0 aliphatic carbocycles. The molecule has 170 valence electrons. The Morgan fingerprint density at radius 1 is 1.22 bits per heavy atom. The van der Waals surface area contributed by atoms with Gasteiger partial charge in [-0.15, -0.1) is 11.3 Å². The number of halogens is 4. The second kappa shape index (κ2) is 9.57. The van der Waals surface area contributed by atoms with Crippen molar-refractivity contribution in [3.05, 3.63) is 67.9 Å². The Morgan fingerprint density at radius 3 is 2.62 bits per heavy atom. The number of thiophene rings is 1. The van der Waals surface area contributed by atoms with Crippen LogP contribution in [0, 0.1) is 0 Å². The molecule has 0 spiro atoms. The van der Waals surface area contributed by atoms with E-state index in [4.69, 9.17) is 16.3 Å². The number of nitrogens with zero attached hydrogens (tertiary/aromatic N) is 4. The van der Waals surface area contributed by atoms with E-state index in [9.17, 15) is 18.0 Å². The molecule has 32 heavy (non-hydrogen) atoms. The Balaban J connectivity index is 1.53. The molecule has 1 aliphatic rings. The fourth-order valence-corrected chi connectivity index (χ4v) is 4.44. The highest BCUT2D eigenvalue weighted by molar-refractivity contribution is 7.10. The van der Waals surface area contributed by atoms with Crippen LogP contribution in [0.15, 0.2) is 46.8 Å². The predicted molar refractivity (Wildman–Crippen MR) is 116 cm³/mol. The summed E-state index contributed by atoms with van der Waals surface area (Å²) in [6.45, 7) is 3.37. The summed E-state index contributed by atoms with van der Waals surface area (Å²) in [4.78, 5) is 19.9. The van der Waals surface area contributed by atoms with Crippen LogP contribution in [0.5, 0.6) is 0 Å². The van der Waals surface area contributed by atoms with Gasteiger partial charge in [0.25, 0.3) is 5.56 Å². The zero-order valence-corrected chi connectivity index (χ0v) is 18.3. The van der Waals surface area contributed by atoms with E-state index in [2.05, 4.69) is 26.4 Å². The molecule has 0 aromatic carbocycles. The van der Waals surface area contributed by atoms with Gasteiger partial charge in [-0.3, -0.25) is 9.69 Å². The average molecular weight is 486 g/mol.